The van der Waals surface area contributed by atoms with Gasteiger partial charge in [-0.2, -0.15) is 0 Å². The SMILES string of the molecule is CC1=C(C(C)O[Si](C)(C)C)C([SiH2]C2=C(Cl)CC(C)=C2C(C)O[Si](C)(C)C)=C(Cl)C1. The van der Waals surface area contributed by atoms with Gasteiger partial charge in [0.1, 0.15) is 0 Å². The molecule has 2 atom stereocenters. The van der Waals surface area contributed by atoms with Crippen molar-refractivity contribution in [2.75, 3.05) is 0 Å². The summed E-state index contributed by atoms with van der Waals surface area (Å²) >= 11 is 13.6. The molecular weight excluding hydrogens is 451 g/mol. The van der Waals surface area contributed by atoms with Crippen LogP contribution in [0.25, 0.3) is 0 Å². The number of hydrogen-bond acceptors (Lipinski definition) is 2. The molecule has 0 heterocycles. The molecule has 164 valence electrons. The van der Waals surface area contributed by atoms with Gasteiger partial charge in [0.25, 0.3) is 0 Å². The molecule has 0 aromatic rings. The van der Waals surface area contributed by atoms with E-state index < -0.39 is 26.2 Å². The largest absolute Gasteiger partial charge is 0.411 e. The summed E-state index contributed by atoms with van der Waals surface area (Å²) in [6.07, 6.45) is 1.88. The predicted octanol–water partition coefficient (Wildman–Crippen LogP) is 6.98. The molecule has 2 rings (SSSR count). The van der Waals surface area contributed by atoms with E-state index in [1.54, 1.807) is 0 Å². The highest BCUT2D eigenvalue weighted by Crippen LogP contribution is 2.43. The Kier molecular flexibility index (Phi) is 8.14. The molecule has 0 aromatic heterocycles. The van der Waals surface area contributed by atoms with Crippen molar-refractivity contribution in [3.63, 3.8) is 0 Å². The minimum Gasteiger partial charge on any atom is -0.411 e. The minimum atomic E-state index is -1.64. The molecule has 0 bridgehead atoms. The second-order valence-electron chi connectivity index (χ2n) is 10.4. The molecule has 0 amide bonds. The molecular formula is C22H38Cl2O2Si3. The number of allylic oxidation sites excluding steroid dienone is 4. The Morgan fingerprint density at radius 1 is 0.724 bits per heavy atom. The molecule has 0 fully saturated rings. The van der Waals surface area contributed by atoms with Gasteiger partial charge in [0, 0.05) is 22.9 Å². The zero-order chi connectivity index (χ0) is 22.3. The van der Waals surface area contributed by atoms with Crippen LogP contribution < -0.4 is 0 Å². The molecule has 2 aliphatic rings. The van der Waals surface area contributed by atoms with Gasteiger partial charge in [-0.05, 0) is 88.5 Å². The molecule has 0 N–H and O–H groups in total. The van der Waals surface area contributed by atoms with E-state index in [-0.39, 0.29) is 12.2 Å². The zero-order valence-corrected chi connectivity index (χ0v) is 24.8. The van der Waals surface area contributed by atoms with Gasteiger partial charge in [-0.1, -0.05) is 34.3 Å². The lowest BCUT2D eigenvalue weighted by molar-refractivity contribution is 0.252. The van der Waals surface area contributed by atoms with Gasteiger partial charge >= 0.3 is 0 Å². The van der Waals surface area contributed by atoms with E-state index in [4.69, 9.17) is 32.1 Å². The van der Waals surface area contributed by atoms with Crippen molar-refractivity contribution in [1.82, 2.24) is 0 Å². The first-order valence-corrected chi connectivity index (χ1v) is 19.6. The van der Waals surface area contributed by atoms with Crippen LogP contribution in [0.5, 0.6) is 0 Å². The van der Waals surface area contributed by atoms with Crippen LogP contribution in [0.3, 0.4) is 0 Å². The van der Waals surface area contributed by atoms with E-state index in [0.29, 0.717) is 0 Å². The van der Waals surface area contributed by atoms with Gasteiger partial charge < -0.3 is 8.85 Å². The molecule has 0 saturated heterocycles. The smallest absolute Gasteiger partial charge is 0.184 e. The first-order chi connectivity index (χ1) is 13.1. The summed E-state index contributed by atoms with van der Waals surface area (Å²) in [6, 6.07) is 0. The Bertz CT molecular complexity index is 730. The predicted molar refractivity (Wildman–Crippen MR) is 137 cm³/mol. The third-order valence-electron chi connectivity index (χ3n) is 5.29. The van der Waals surface area contributed by atoms with E-state index in [1.807, 2.05) is 0 Å². The first-order valence-electron chi connectivity index (χ1n) is 10.6. The molecule has 7 heteroatoms. The fourth-order valence-corrected chi connectivity index (χ4v) is 10.5. The van der Waals surface area contributed by atoms with Gasteiger partial charge in [-0.3, -0.25) is 0 Å². The lowest BCUT2D eigenvalue weighted by atomic mass is 10.1. The zero-order valence-electron chi connectivity index (χ0n) is 19.8. The van der Waals surface area contributed by atoms with Crippen molar-refractivity contribution < 1.29 is 8.85 Å². The molecule has 0 spiro atoms. The average molecular weight is 490 g/mol. The summed E-state index contributed by atoms with van der Waals surface area (Å²) in [4.78, 5) is 0. The Morgan fingerprint density at radius 2 is 1.03 bits per heavy atom. The Hall–Kier alpha value is 0.111. The van der Waals surface area contributed by atoms with Crippen molar-refractivity contribution >= 4 is 49.4 Å². The van der Waals surface area contributed by atoms with Crippen molar-refractivity contribution in [3.8, 4) is 0 Å². The molecule has 2 unspecified atom stereocenters. The Morgan fingerprint density at radius 3 is 1.31 bits per heavy atom. The molecule has 0 aliphatic heterocycles. The second kappa shape index (κ2) is 9.31. The number of halogens is 2. The van der Waals surface area contributed by atoms with Crippen LogP contribution in [0.15, 0.2) is 42.7 Å². The third-order valence-corrected chi connectivity index (χ3v) is 10.9. The summed E-state index contributed by atoms with van der Waals surface area (Å²) < 4.78 is 12.9. The first kappa shape index (κ1) is 25.4. The van der Waals surface area contributed by atoms with Crippen LogP contribution in [0.4, 0.5) is 0 Å². The van der Waals surface area contributed by atoms with Gasteiger partial charge in [0.05, 0.1) is 21.7 Å². The monoisotopic (exact) mass is 488 g/mol. The van der Waals surface area contributed by atoms with Crippen LogP contribution in [0, 0.1) is 0 Å². The van der Waals surface area contributed by atoms with Crippen LogP contribution in [0.2, 0.25) is 39.3 Å². The topological polar surface area (TPSA) is 18.5 Å². The van der Waals surface area contributed by atoms with Gasteiger partial charge in [-0.15, -0.1) is 0 Å². The number of rotatable bonds is 8. The fraction of sp³-hybridized carbons (Fsp3) is 0.636. The van der Waals surface area contributed by atoms with Crippen molar-refractivity contribution in [2.24, 2.45) is 0 Å². The molecule has 0 aromatic carbocycles. The van der Waals surface area contributed by atoms with Crippen LogP contribution >= 0.6 is 23.2 Å². The molecule has 0 saturated carbocycles. The molecule has 29 heavy (non-hydrogen) atoms. The van der Waals surface area contributed by atoms with E-state index in [9.17, 15) is 0 Å². The van der Waals surface area contributed by atoms with E-state index in [2.05, 4.69) is 67.0 Å². The normalized spacial score (nSPS) is 21.5. The van der Waals surface area contributed by atoms with E-state index in [0.717, 1.165) is 22.9 Å². The standard InChI is InChI=1S/C22H38Cl2O2Si3/c1-13-11-17(23)21(19(13)15(3)25-28(5,6)7)27-22-18(24)12-14(2)20(22)16(4)26-29(8,9)10/h15-16H,11-12,27H2,1-10H3. The number of hydrogen-bond donors (Lipinski definition) is 0. The fourth-order valence-electron chi connectivity index (χ4n) is 4.60. The summed E-state index contributed by atoms with van der Waals surface area (Å²) in [5, 5.41) is 4.68. The second-order valence-corrected chi connectivity index (χ2v) is 22.0. The maximum Gasteiger partial charge on any atom is 0.184 e. The lowest BCUT2D eigenvalue weighted by Crippen LogP contribution is -2.33. The van der Waals surface area contributed by atoms with E-state index >= 15 is 0 Å². The molecule has 0 radical (unpaired) electrons. The summed E-state index contributed by atoms with van der Waals surface area (Å²) in [6.45, 7) is 22.2. The van der Waals surface area contributed by atoms with Crippen molar-refractivity contribution in [2.45, 2.75) is 92.0 Å². The summed E-state index contributed by atoms with van der Waals surface area (Å²) in [5.41, 5.74) is 5.38. The quantitative estimate of drug-likeness (QED) is 0.343. The molecule has 2 nitrogen and oxygen atoms in total. The Balaban J connectivity index is 2.35. The summed E-state index contributed by atoms with van der Waals surface area (Å²) in [5.74, 6) is 0. The average Bonchev–Trinajstić information content (AvgIpc) is 2.91. The third kappa shape index (κ3) is 6.55. The van der Waals surface area contributed by atoms with Gasteiger partial charge in [-0.25, -0.2) is 0 Å². The lowest BCUT2D eigenvalue weighted by Gasteiger charge is -2.29. The van der Waals surface area contributed by atoms with Crippen LogP contribution in [0.1, 0.15) is 40.5 Å². The summed E-state index contributed by atoms with van der Waals surface area (Å²) in [7, 11) is -4.12. The van der Waals surface area contributed by atoms with E-state index in [1.165, 1.54) is 32.7 Å². The highest BCUT2D eigenvalue weighted by atomic mass is 35.5. The van der Waals surface area contributed by atoms with Crippen molar-refractivity contribution in [3.05, 3.63) is 42.7 Å². The van der Waals surface area contributed by atoms with Crippen LogP contribution in [-0.2, 0) is 8.85 Å². The maximum absolute atomic E-state index is 6.80. The highest BCUT2D eigenvalue weighted by molar-refractivity contribution is 6.70. The van der Waals surface area contributed by atoms with Crippen molar-refractivity contribution in [1.29, 1.82) is 0 Å². The Labute approximate surface area is 192 Å². The van der Waals surface area contributed by atoms with Crippen LogP contribution in [-0.4, -0.2) is 38.4 Å². The maximum atomic E-state index is 6.80. The highest BCUT2D eigenvalue weighted by Gasteiger charge is 2.34. The molecule has 2 aliphatic carbocycles. The van der Waals surface area contributed by atoms with Gasteiger partial charge in [0.15, 0.2) is 16.6 Å². The minimum absolute atomic E-state index is 0.0883. The van der Waals surface area contributed by atoms with Gasteiger partial charge in [0.2, 0.25) is 0 Å².